The number of anilines is 1. The van der Waals surface area contributed by atoms with Gasteiger partial charge in [-0.05, 0) is 31.3 Å². The van der Waals surface area contributed by atoms with Crippen molar-refractivity contribution < 1.29 is 17.6 Å². The van der Waals surface area contributed by atoms with Crippen molar-refractivity contribution in [2.75, 3.05) is 32.0 Å². The molecule has 0 bridgehead atoms. The fourth-order valence-electron chi connectivity index (χ4n) is 1.34. The zero-order valence-electron chi connectivity index (χ0n) is 9.39. The molecule has 17 heavy (non-hydrogen) atoms. The average molecular weight is 250 g/mol. The van der Waals surface area contributed by atoms with Crippen LogP contribution < -0.4 is 5.32 Å². The predicted molar refractivity (Wildman–Crippen MR) is 58.4 cm³/mol. The van der Waals surface area contributed by atoms with Gasteiger partial charge in [0, 0.05) is 18.8 Å². The normalized spacial score (nSPS) is 11.9. The van der Waals surface area contributed by atoms with Crippen LogP contribution in [-0.4, -0.2) is 37.8 Å². The second-order valence-electron chi connectivity index (χ2n) is 3.79. The Balaban J connectivity index is 2.26. The third kappa shape index (κ3) is 6.11. The standard InChI is InChI=1S/C11H14F4N2/c1-17(8-11(13,14)15)7-6-16-10-4-2-9(12)3-5-10/h2-5,16H,6-8H2,1H3. The van der Waals surface area contributed by atoms with Crippen molar-refractivity contribution >= 4 is 5.69 Å². The second kappa shape index (κ2) is 5.86. The van der Waals surface area contributed by atoms with E-state index in [1.165, 1.54) is 24.1 Å². The molecule has 0 fully saturated rings. The maximum absolute atomic E-state index is 12.6. The first-order chi connectivity index (χ1) is 7.87. The number of nitrogens with one attached hydrogen (secondary N) is 1. The summed E-state index contributed by atoms with van der Waals surface area (Å²) in [6, 6.07) is 5.67. The number of hydrogen-bond acceptors (Lipinski definition) is 2. The van der Waals surface area contributed by atoms with Crippen LogP contribution in [0.5, 0.6) is 0 Å². The Bertz CT molecular complexity index is 334. The molecule has 0 saturated heterocycles. The Morgan fingerprint density at radius 2 is 1.76 bits per heavy atom. The first-order valence-corrected chi connectivity index (χ1v) is 5.11. The van der Waals surface area contributed by atoms with Crippen LogP contribution >= 0.6 is 0 Å². The highest BCUT2D eigenvalue weighted by Crippen LogP contribution is 2.15. The minimum atomic E-state index is -4.18. The lowest BCUT2D eigenvalue weighted by molar-refractivity contribution is -0.142. The molecule has 1 N–H and O–H groups in total. The highest BCUT2D eigenvalue weighted by molar-refractivity contribution is 5.42. The lowest BCUT2D eigenvalue weighted by Crippen LogP contribution is -2.34. The average Bonchev–Trinajstić information content (AvgIpc) is 2.18. The Labute approximate surface area is 97.2 Å². The highest BCUT2D eigenvalue weighted by Gasteiger charge is 2.28. The third-order valence-corrected chi connectivity index (χ3v) is 2.12. The van der Waals surface area contributed by atoms with Crippen LogP contribution in [0.3, 0.4) is 0 Å². The molecular weight excluding hydrogens is 236 g/mol. The molecule has 96 valence electrons. The Kier molecular flexibility index (Phi) is 4.74. The van der Waals surface area contributed by atoms with E-state index in [0.717, 1.165) is 0 Å². The zero-order valence-corrected chi connectivity index (χ0v) is 9.39. The predicted octanol–water partition coefficient (Wildman–Crippen LogP) is 2.73. The maximum Gasteiger partial charge on any atom is 0.401 e. The van der Waals surface area contributed by atoms with E-state index in [1.807, 2.05) is 0 Å². The number of benzene rings is 1. The van der Waals surface area contributed by atoms with E-state index >= 15 is 0 Å². The molecule has 1 aromatic carbocycles. The molecule has 0 unspecified atom stereocenters. The van der Waals surface area contributed by atoms with Gasteiger partial charge >= 0.3 is 6.18 Å². The van der Waals surface area contributed by atoms with Gasteiger partial charge in [0.15, 0.2) is 0 Å². The van der Waals surface area contributed by atoms with Crippen LogP contribution in [-0.2, 0) is 0 Å². The molecule has 0 aromatic heterocycles. The zero-order chi connectivity index (χ0) is 12.9. The number of nitrogens with zero attached hydrogens (tertiary/aromatic N) is 1. The molecule has 0 heterocycles. The van der Waals surface area contributed by atoms with Crippen LogP contribution in [0.4, 0.5) is 23.2 Å². The minimum absolute atomic E-state index is 0.261. The summed E-state index contributed by atoms with van der Waals surface area (Å²) in [7, 11) is 1.40. The lowest BCUT2D eigenvalue weighted by atomic mass is 10.3. The SMILES string of the molecule is CN(CCNc1ccc(F)cc1)CC(F)(F)F. The van der Waals surface area contributed by atoms with Gasteiger partial charge in [-0.3, -0.25) is 4.90 Å². The first kappa shape index (κ1) is 13.8. The second-order valence-corrected chi connectivity index (χ2v) is 3.79. The van der Waals surface area contributed by atoms with Gasteiger partial charge in [-0.15, -0.1) is 0 Å². The Morgan fingerprint density at radius 3 is 2.29 bits per heavy atom. The lowest BCUT2D eigenvalue weighted by Gasteiger charge is -2.18. The molecule has 0 aliphatic rings. The van der Waals surface area contributed by atoms with E-state index in [1.54, 1.807) is 12.1 Å². The highest BCUT2D eigenvalue weighted by atomic mass is 19.4. The summed E-state index contributed by atoms with van der Waals surface area (Å²) >= 11 is 0. The van der Waals surface area contributed by atoms with Gasteiger partial charge in [0.25, 0.3) is 0 Å². The van der Waals surface area contributed by atoms with Crippen molar-refractivity contribution in [1.29, 1.82) is 0 Å². The summed E-state index contributed by atoms with van der Waals surface area (Å²) in [5.41, 5.74) is 0.687. The molecule has 2 nitrogen and oxygen atoms in total. The number of hydrogen-bond donors (Lipinski definition) is 1. The van der Waals surface area contributed by atoms with Crippen molar-refractivity contribution in [1.82, 2.24) is 4.90 Å². The van der Waals surface area contributed by atoms with Gasteiger partial charge in [-0.25, -0.2) is 4.39 Å². The van der Waals surface area contributed by atoms with Crippen LogP contribution in [0.15, 0.2) is 24.3 Å². The van der Waals surface area contributed by atoms with Crippen LogP contribution in [0.2, 0.25) is 0 Å². The van der Waals surface area contributed by atoms with Gasteiger partial charge in [0.2, 0.25) is 0 Å². The largest absolute Gasteiger partial charge is 0.401 e. The summed E-state index contributed by atoms with van der Waals surface area (Å²) < 4.78 is 48.6. The fraction of sp³-hybridized carbons (Fsp3) is 0.455. The van der Waals surface area contributed by atoms with Gasteiger partial charge in [-0.2, -0.15) is 13.2 Å². The van der Waals surface area contributed by atoms with E-state index in [4.69, 9.17) is 0 Å². The molecule has 0 aliphatic carbocycles. The Hall–Kier alpha value is -1.30. The molecule has 0 amide bonds. The minimum Gasteiger partial charge on any atom is -0.384 e. The van der Waals surface area contributed by atoms with Crippen molar-refractivity contribution in [3.63, 3.8) is 0 Å². The molecule has 0 spiro atoms. The van der Waals surface area contributed by atoms with Gasteiger partial charge < -0.3 is 5.32 Å². The van der Waals surface area contributed by atoms with Crippen molar-refractivity contribution in [2.45, 2.75) is 6.18 Å². The van der Waals surface area contributed by atoms with E-state index in [-0.39, 0.29) is 12.4 Å². The topological polar surface area (TPSA) is 15.3 Å². The molecule has 0 aliphatic heterocycles. The number of alkyl halides is 3. The van der Waals surface area contributed by atoms with Crippen LogP contribution in [0, 0.1) is 5.82 Å². The molecule has 6 heteroatoms. The van der Waals surface area contributed by atoms with E-state index in [9.17, 15) is 17.6 Å². The van der Waals surface area contributed by atoms with Gasteiger partial charge in [0.05, 0.1) is 6.54 Å². The molecule has 1 aromatic rings. The Morgan fingerprint density at radius 1 is 1.18 bits per heavy atom. The quantitative estimate of drug-likeness (QED) is 0.808. The first-order valence-electron chi connectivity index (χ1n) is 5.11. The summed E-state index contributed by atoms with van der Waals surface area (Å²) in [5.74, 6) is -0.343. The number of likely N-dealkylation sites (N-methyl/N-ethyl adjacent to an activating group) is 1. The number of rotatable bonds is 5. The summed E-state index contributed by atoms with van der Waals surface area (Å²) in [4.78, 5) is 1.18. The van der Waals surface area contributed by atoms with E-state index in [0.29, 0.717) is 12.2 Å². The summed E-state index contributed by atoms with van der Waals surface area (Å²) in [5, 5.41) is 2.91. The molecular formula is C11H14F4N2. The van der Waals surface area contributed by atoms with E-state index < -0.39 is 12.7 Å². The molecule has 0 atom stereocenters. The van der Waals surface area contributed by atoms with E-state index in [2.05, 4.69) is 5.32 Å². The van der Waals surface area contributed by atoms with Crippen molar-refractivity contribution in [3.05, 3.63) is 30.1 Å². The fourth-order valence-corrected chi connectivity index (χ4v) is 1.34. The molecule has 1 rings (SSSR count). The van der Waals surface area contributed by atoms with Gasteiger partial charge in [0.1, 0.15) is 5.82 Å². The molecule has 0 saturated carbocycles. The maximum atomic E-state index is 12.6. The van der Waals surface area contributed by atoms with Crippen molar-refractivity contribution in [3.8, 4) is 0 Å². The monoisotopic (exact) mass is 250 g/mol. The summed E-state index contributed by atoms with van der Waals surface area (Å²) in [6.45, 7) is -0.298. The summed E-state index contributed by atoms with van der Waals surface area (Å²) in [6.07, 6.45) is -4.18. The van der Waals surface area contributed by atoms with Crippen molar-refractivity contribution in [2.24, 2.45) is 0 Å². The smallest absolute Gasteiger partial charge is 0.384 e. The van der Waals surface area contributed by atoms with Gasteiger partial charge in [-0.1, -0.05) is 0 Å². The third-order valence-electron chi connectivity index (χ3n) is 2.12. The molecule has 0 radical (unpaired) electrons. The van der Waals surface area contributed by atoms with Crippen LogP contribution in [0.1, 0.15) is 0 Å². The van der Waals surface area contributed by atoms with Crippen LogP contribution in [0.25, 0.3) is 0 Å². The number of halogens is 4.